The molecule has 4 rings (SSSR count). The van der Waals surface area contributed by atoms with E-state index in [1.165, 1.54) is 0 Å². The second-order valence-electron chi connectivity index (χ2n) is 5.95. The lowest BCUT2D eigenvalue weighted by atomic mass is 9.99. The van der Waals surface area contributed by atoms with Crippen molar-refractivity contribution in [3.63, 3.8) is 0 Å². The van der Waals surface area contributed by atoms with Gasteiger partial charge in [-0.25, -0.2) is 4.99 Å². The van der Waals surface area contributed by atoms with Crippen molar-refractivity contribution in [3.05, 3.63) is 70.8 Å². The Hall–Kier alpha value is -2.44. The molecule has 0 spiro atoms. The smallest absolute Gasteiger partial charge is 0.280 e. The molecule has 0 atom stereocenters. The third-order valence-electron chi connectivity index (χ3n) is 4.43. The van der Waals surface area contributed by atoms with Gasteiger partial charge in [0.25, 0.3) is 5.91 Å². The number of aromatic nitrogens is 1. The number of hydrogen-bond acceptors (Lipinski definition) is 4. The highest BCUT2D eigenvalue weighted by molar-refractivity contribution is 7.98. The summed E-state index contributed by atoms with van der Waals surface area (Å²) < 4.78 is 0. The average molecular weight is 380 g/mol. The van der Waals surface area contributed by atoms with E-state index < -0.39 is 0 Å². The summed E-state index contributed by atoms with van der Waals surface area (Å²) in [6.07, 6.45) is 2.01. The highest BCUT2D eigenvalue weighted by atomic mass is 32.2. The lowest BCUT2D eigenvalue weighted by molar-refractivity contribution is 0.101. The second kappa shape index (κ2) is 6.70. The summed E-state index contributed by atoms with van der Waals surface area (Å²) in [5.41, 5.74) is 4.70. The van der Waals surface area contributed by atoms with Gasteiger partial charge in [0.2, 0.25) is 0 Å². The third-order valence-corrected chi connectivity index (χ3v) is 5.54. The second-order valence-corrected chi connectivity index (χ2v) is 7.14. The van der Waals surface area contributed by atoms with Crippen LogP contribution in [0, 0.1) is 0 Å². The number of nitrogens with one attached hydrogen (secondary N) is 1. The number of rotatable bonds is 4. The topological polar surface area (TPSA) is 65.4 Å². The Kier molecular flexibility index (Phi) is 4.38. The molecular weight excluding hydrogens is 364 g/mol. The van der Waals surface area contributed by atoms with E-state index in [9.17, 15) is 9.90 Å². The van der Waals surface area contributed by atoms with E-state index in [1.54, 1.807) is 11.8 Å². The molecule has 0 unspecified atom stereocenters. The molecule has 130 valence electrons. The van der Waals surface area contributed by atoms with E-state index in [4.69, 9.17) is 0 Å². The number of thioether (sulfide) groups is 1. The van der Waals surface area contributed by atoms with Gasteiger partial charge < -0.3 is 10.1 Å². The van der Waals surface area contributed by atoms with Crippen LogP contribution in [-0.2, 0) is 5.75 Å². The van der Waals surface area contributed by atoms with Gasteiger partial charge >= 0.3 is 0 Å². The van der Waals surface area contributed by atoms with Crippen molar-refractivity contribution < 1.29 is 9.90 Å². The molecule has 3 aromatic rings. The van der Waals surface area contributed by atoms with Crippen LogP contribution in [0.5, 0.6) is 5.88 Å². The zero-order valence-electron chi connectivity index (χ0n) is 14.0. The maximum atomic E-state index is 12.6. The summed E-state index contributed by atoms with van der Waals surface area (Å²) in [5, 5.41) is 10.5. The van der Waals surface area contributed by atoms with Crippen LogP contribution in [0.15, 0.2) is 58.4 Å². The number of benzene rings is 2. The first-order chi connectivity index (χ1) is 12.6. The Morgan fingerprint density at radius 1 is 1.04 bits per heavy atom. The number of amides is 1. The Morgan fingerprint density at radius 3 is 2.31 bits per heavy atom. The van der Waals surface area contributed by atoms with Crippen molar-refractivity contribution in [2.75, 3.05) is 6.26 Å². The SMILES string of the molecule is CSc1ccc(-c2[nH]c(O)c3c2C(=O)N=C3c2ccc(CS)cc2)cc1. The van der Waals surface area contributed by atoms with Crippen molar-refractivity contribution in [2.24, 2.45) is 4.99 Å². The normalized spacial score (nSPS) is 13.0. The van der Waals surface area contributed by atoms with Crippen LogP contribution in [0.3, 0.4) is 0 Å². The van der Waals surface area contributed by atoms with Gasteiger partial charge in [-0.3, -0.25) is 4.79 Å². The monoisotopic (exact) mass is 380 g/mol. The van der Waals surface area contributed by atoms with E-state index in [2.05, 4.69) is 22.6 Å². The molecule has 0 fully saturated rings. The first kappa shape index (κ1) is 17.0. The van der Waals surface area contributed by atoms with Crippen LogP contribution in [-0.4, -0.2) is 28.0 Å². The number of carbonyl (C=O) groups is 1. The minimum atomic E-state index is -0.339. The minimum absolute atomic E-state index is 0.0354. The van der Waals surface area contributed by atoms with Crippen molar-refractivity contribution in [3.8, 4) is 17.1 Å². The van der Waals surface area contributed by atoms with E-state index in [0.717, 1.165) is 21.6 Å². The average Bonchev–Trinajstić information content (AvgIpc) is 3.21. The molecule has 0 saturated heterocycles. The molecule has 2 N–H and O–H groups in total. The first-order valence-electron chi connectivity index (χ1n) is 8.05. The summed E-state index contributed by atoms with van der Waals surface area (Å²) in [6.45, 7) is 0. The summed E-state index contributed by atoms with van der Waals surface area (Å²) in [7, 11) is 0. The number of fused-ring (bicyclic) bond motifs is 1. The van der Waals surface area contributed by atoms with Gasteiger partial charge in [0.05, 0.1) is 22.5 Å². The molecule has 6 heteroatoms. The largest absolute Gasteiger partial charge is 0.494 e. The molecule has 4 nitrogen and oxygen atoms in total. The van der Waals surface area contributed by atoms with E-state index in [1.807, 2.05) is 54.8 Å². The Bertz CT molecular complexity index is 1020. The van der Waals surface area contributed by atoms with E-state index >= 15 is 0 Å². The molecular formula is C20H16N2O2S2. The first-order valence-corrected chi connectivity index (χ1v) is 9.91. The summed E-state index contributed by atoms with van der Waals surface area (Å²) in [4.78, 5) is 20.9. The fourth-order valence-corrected chi connectivity index (χ4v) is 3.71. The number of thiol groups is 1. The fourth-order valence-electron chi connectivity index (χ4n) is 3.10. The molecule has 0 bridgehead atoms. The Morgan fingerprint density at radius 2 is 1.69 bits per heavy atom. The molecule has 0 radical (unpaired) electrons. The van der Waals surface area contributed by atoms with Gasteiger partial charge in [-0.05, 0) is 29.5 Å². The van der Waals surface area contributed by atoms with Crippen molar-refractivity contribution in [2.45, 2.75) is 10.6 Å². The number of aromatic hydroxyl groups is 1. The van der Waals surface area contributed by atoms with Gasteiger partial charge in [0.15, 0.2) is 5.88 Å². The van der Waals surface area contributed by atoms with Crippen LogP contribution in [0.25, 0.3) is 11.3 Å². The van der Waals surface area contributed by atoms with Crippen LogP contribution >= 0.6 is 24.4 Å². The standard InChI is InChI=1S/C20H16N2O2S2/c1-26-14-8-6-13(7-9-14)18-16-15(19(23)22-18)17(21-20(16)24)12-4-2-11(10-25)3-5-12/h2-9,22-23,25H,10H2,1H3. The van der Waals surface area contributed by atoms with Gasteiger partial charge in [-0.2, -0.15) is 12.6 Å². The Balaban J connectivity index is 1.80. The lowest BCUT2D eigenvalue weighted by Crippen LogP contribution is -1.99. The molecule has 1 amide bonds. The Labute approximate surface area is 160 Å². The summed E-state index contributed by atoms with van der Waals surface area (Å²) >= 11 is 5.91. The summed E-state index contributed by atoms with van der Waals surface area (Å²) in [5.74, 6) is 0.267. The maximum Gasteiger partial charge on any atom is 0.280 e. The summed E-state index contributed by atoms with van der Waals surface area (Å²) in [6, 6.07) is 15.5. The van der Waals surface area contributed by atoms with E-state index in [-0.39, 0.29) is 11.8 Å². The molecule has 1 aliphatic rings. The van der Waals surface area contributed by atoms with Crippen LogP contribution in [0.1, 0.15) is 27.0 Å². The number of nitrogens with zero attached hydrogens (tertiary/aromatic N) is 1. The van der Waals surface area contributed by atoms with Gasteiger partial charge in [0.1, 0.15) is 0 Å². The molecule has 1 aliphatic heterocycles. The van der Waals surface area contributed by atoms with Gasteiger partial charge in [0, 0.05) is 16.2 Å². The van der Waals surface area contributed by atoms with Gasteiger partial charge in [-0.15, -0.1) is 11.8 Å². The number of hydrogen-bond donors (Lipinski definition) is 3. The number of H-pyrrole nitrogens is 1. The highest BCUT2D eigenvalue weighted by Crippen LogP contribution is 2.38. The van der Waals surface area contributed by atoms with Crippen LogP contribution in [0.4, 0.5) is 0 Å². The van der Waals surface area contributed by atoms with Crippen molar-refractivity contribution in [1.29, 1.82) is 0 Å². The number of carbonyl (C=O) groups excluding carboxylic acids is 1. The van der Waals surface area contributed by atoms with Crippen molar-refractivity contribution >= 4 is 36.0 Å². The zero-order chi connectivity index (χ0) is 18.3. The molecule has 2 aromatic carbocycles. The molecule has 2 heterocycles. The molecule has 0 saturated carbocycles. The highest BCUT2D eigenvalue weighted by Gasteiger charge is 2.33. The molecule has 1 aromatic heterocycles. The fraction of sp³-hybridized carbons (Fsp3) is 0.100. The zero-order valence-corrected chi connectivity index (χ0v) is 15.7. The van der Waals surface area contributed by atoms with Crippen molar-refractivity contribution in [1.82, 2.24) is 4.98 Å². The van der Waals surface area contributed by atoms with E-state index in [0.29, 0.717) is 28.3 Å². The number of aromatic amines is 1. The minimum Gasteiger partial charge on any atom is -0.494 e. The van der Waals surface area contributed by atoms with Crippen LogP contribution in [0.2, 0.25) is 0 Å². The quantitative estimate of drug-likeness (QED) is 0.460. The lowest BCUT2D eigenvalue weighted by Gasteiger charge is -2.03. The maximum absolute atomic E-state index is 12.6. The van der Waals surface area contributed by atoms with Gasteiger partial charge in [-0.1, -0.05) is 36.4 Å². The number of aliphatic imine (C=N–C) groups is 1. The molecule has 0 aliphatic carbocycles. The molecule has 26 heavy (non-hydrogen) atoms. The predicted molar refractivity (Wildman–Crippen MR) is 109 cm³/mol. The third kappa shape index (κ3) is 2.75. The van der Waals surface area contributed by atoms with Crippen LogP contribution < -0.4 is 0 Å². The predicted octanol–water partition coefficient (Wildman–Crippen LogP) is 4.53.